The fourth-order valence-corrected chi connectivity index (χ4v) is 5.54. The highest BCUT2D eigenvalue weighted by molar-refractivity contribution is 8.07. The summed E-state index contributed by atoms with van der Waals surface area (Å²) in [5.74, 6) is -1.11. The Balaban J connectivity index is 1.90. The number of nitrogens with zero attached hydrogens (tertiary/aromatic N) is 1. The summed E-state index contributed by atoms with van der Waals surface area (Å²) in [5, 5.41) is 10.6. The lowest BCUT2D eigenvalue weighted by molar-refractivity contribution is -0.209. The quantitative estimate of drug-likeness (QED) is 0.541. The minimum Gasteiger partial charge on any atom is -0.386 e. The average Bonchev–Trinajstić information content (AvgIpc) is 2.80. The van der Waals surface area contributed by atoms with E-state index in [0.29, 0.717) is 0 Å². The lowest BCUT2D eigenvalue weighted by Crippen LogP contribution is -2.56. The van der Waals surface area contributed by atoms with Crippen molar-refractivity contribution in [2.24, 2.45) is 0 Å². The van der Waals surface area contributed by atoms with Gasteiger partial charge in [0.25, 0.3) is 6.43 Å². The number of halogens is 2. The van der Waals surface area contributed by atoms with Crippen LogP contribution in [-0.2, 0) is 39.7 Å². The predicted molar refractivity (Wildman–Crippen MR) is 86.6 cm³/mol. The number of hydrogen-bond acceptors (Lipinski definition) is 8. The number of aliphatic hydroxyl groups excluding tert-OH is 1. The summed E-state index contributed by atoms with van der Waals surface area (Å²) in [7, 11) is 0. The van der Waals surface area contributed by atoms with E-state index in [-0.39, 0.29) is 6.10 Å². The van der Waals surface area contributed by atoms with Gasteiger partial charge >= 0.3 is 6.72 Å². The van der Waals surface area contributed by atoms with E-state index in [9.17, 15) is 23.5 Å². The molecule has 146 valence electrons. The number of allylic oxidation sites excluding steroid dienone is 1. The van der Waals surface area contributed by atoms with Crippen LogP contribution in [0.25, 0.3) is 0 Å². The minimum atomic E-state index is -3.37. The van der Waals surface area contributed by atoms with Crippen LogP contribution in [0.3, 0.4) is 0 Å². The van der Waals surface area contributed by atoms with Crippen LogP contribution >= 0.6 is 6.72 Å². The zero-order valence-corrected chi connectivity index (χ0v) is 15.6. The zero-order chi connectivity index (χ0) is 19.3. The summed E-state index contributed by atoms with van der Waals surface area (Å²) in [5.41, 5.74) is -2.30. The molecule has 26 heavy (non-hydrogen) atoms. The Morgan fingerprint density at radius 3 is 2.73 bits per heavy atom. The van der Waals surface area contributed by atoms with E-state index < -0.39 is 61.9 Å². The maximum atomic E-state index is 13.8. The summed E-state index contributed by atoms with van der Waals surface area (Å²) < 4.78 is 49.2. The van der Waals surface area contributed by atoms with Crippen LogP contribution in [0.4, 0.5) is 8.78 Å². The number of fused-ring (bicyclic) bond motifs is 1. The van der Waals surface area contributed by atoms with Crippen LogP contribution in [0.15, 0.2) is 12.3 Å². The Morgan fingerprint density at radius 1 is 1.46 bits per heavy atom. The number of aliphatic hydroxyl groups is 1. The third-order valence-corrected chi connectivity index (χ3v) is 6.58. The van der Waals surface area contributed by atoms with E-state index >= 15 is 0 Å². The maximum absolute atomic E-state index is 13.8. The predicted octanol–water partition coefficient (Wildman–Crippen LogP) is 1.09. The third-order valence-electron chi connectivity index (χ3n) is 4.13. The molecule has 5 atom stereocenters. The van der Waals surface area contributed by atoms with Crippen molar-refractivity contribution in [3.8, 4) is 0 Å². The lowest BCUT2D eigenvalue weighted by atomic mass is 9.96. The van der Waals surface area contributed by atoms with Crippen molar-refractivity contribution >= 4 is 30.2 Å². The van der Waals surface area contributed by atoms with Crippen LogP contribution in [0.5, 0.6) is 0 Å². The molecule has 8 nitrogen and oxygen atoms in total. The highest BCUT2D eigenvalue weighted by Gasteiger charge is 2.67. The summed E-state index contributed by atoms with van der Waals surface area (Å²) in [4.78, 5) is 24.3. The van der Waals surface area contributed by atoms with Gasteiger partial charge in [0.05, 0.1) is 19.1 Å². The number of carbonyl (C=O) groups is 2. The van der Waals surface area contributed by atoms with Gasteiger partial charge in [-0.3, -0.25) is 19.0 Å². The van der Waals surface area contributed by atoms with Gasteiger partial charge in [-0.1, -0.05) is 0 Å². The van der Waals surface area contributed by atoms with Crippen molar-refractivity contribution in [1.29, 1.82) is 0 Å². The highest BCUT2D eigenvalue weighted by atomic mass is 32.5. The topological polar surface area (TPSA) is 94.5 Å². The van der Waals surface area contributed by atoms with Crippen molar-refractivity contribution in [2.75, 3.05) is 6.61 Å². The van der Waals surface area contributed by atoms with E-state index in [2.05, 4.69) is 0 Å². The molecule has 0 spiro atoms. The van der Waals surface area contributed by atoms with Crippen LogP contribution in [0.1, 0.15) is 20.3 Å². The largest absolute Gasteiger partial charge is 0.386 e. The van der Waals surface area contributed by atoms with Gasteiger partial charge in [0.2, 0.25) is 5.91 Å². The van der Waals surface area contributed by atoms with Crippen molar-refractivity contribution in [3.63, 3.8) is 0 Å². The summed E-state index contributed by atoms with van der Waals surface area (Å²) >= 11 is 5.17. The van der Waals surface area contributed by atoms with Gasteiger partial charge in [0, 0.05) is 6.20 Å². The Hall–Kier alpha value is -0.810. The highest BCUT2D eigenvalue weighted by Crippen LogP contribution is 2.60. The van der Waals surface area contributed by atoms with Gasteiger partial charge < -0.3 is 18.9 Å². The molecule has 1 amide bonds. The van der Waals surface area contributed by atoms with Gasteiger partial charge in [-0.15, -0.1) is 0 Å². The number of ketones is 1. The molecule has 0 aromatic rings. The van der Waals surface area contributed by atoms with Crippen LogP contribution in [0.2, 0.25) is 0 Å². The number of amides is 1. The van der Waals surface area contributed by atoms with Crippen molar-refractivity contribution in [2.45, 2.75) is 56.8 Å². The smallest absolute Gasteiger partial charge is 0.328 e. The Kier molecular flexibility index (Phi) is 5.35. The first-order valence-electron chi connectivity index (χ1n) is 7.85. The molecule has 3 heterocycles. The number of alkyl halides is 2. The van der Waals surface area contributed by atoms with Crippen LogP contribution in [-0.4, -0.2) is 64.9 Å². The average molecular weight is 413 g/mol. The van der Waals surface area contributed by atoms with E-state index in [0.717, 1.165) is 17.2 Å². The molecule has 0 aliphatic carbocycles. The molecule has 1 N–H and O–H groups in total. The molecule has 12 heteroatoms. The molecule has 0 saturated carbocycles. The molecule has 2 fully saturated rings. The molecule has 0 bridgehead atoms. The minimum absolute atomic E-state index is 0.382. The number of ether oxygens (including phenoxy) is 1. The molecule has 0 aromatic heterocycles. The Bertz CT molecular complexity index is 690. The Morgan fingerprint density at radius 2 is 2.15 bits per heavy atom. The normalized spacial score (nSPS) is 40.6. The van der Waals surface area contributed by atoms with Crippen molar-refractivity contribution in [3.05, 3.63) is 12.3 Å². The SMILES string of the molecule is CC(C)OP1(=S)OC[C@@]2(C(F)F)O[C@@H](N3C=CC(=O)CC3=O)[C@H](O)[C@H]2O1. The summed E-state index contributed by atoms with van der Waals surface area (Å²) in [6.07, 6.45) is -6.35. The zero-order valence-electron chi connectivity index (χ0n) is 13.9. The second-order valence-corrected chi connectivity index (χ2v) is 9.33. The maximum Gasteiger partial charge on any atom is 0.328 e. The molecule has 3 aliphatic heterocycles. The molecule has 0 aromatic carbocycles. The van der Waals surface area contributed by atoms with Crippen molar-refractivity contribution in [1.82, 2.24) is 4.90 Å². The summed E-state index contributed by atoms with van der Waals surface area (Å²) in [6.45, 7) is -0.672. The van der Waals surface area contributed by atoms with Crippen molar-refractivity contribution < 1.29 is 41.8 Å². The lowest BCUT2D eigenvalue weighted by Gasteiger charge is -2.41. The third kappa shape index (κ3) is 3.37. The first kappa shape index (κ1) is 19.9. The standard InChI is InChI=1S/C14H18F2NO7PS/c1-7(2)23-25(26)21-6-14(13(15)16)11(24-25)10(20)12(22-14)17-4-3-8(18)5-9(17)19/h3-4,7,10-13,20H,5-6H2,1-2H3/t10-,11-,12-,14-,25?/m1/s1. The molecule has 3 rings (SSSR count). The molecular weight excluding hydrogens is 395 g/mol. The monoisotopic (exact) mass is 413 g/mol. The van der Waals surface area contributed by atoms with Gasteiger partial charge in [0.1, 0.15) is 12.2 Å². The fraction of sp³-hybridized carbons (Fsp3) is 0.714. The molecule has 1 unspecified atom stereocenters. The molecule has 3 aliphatic rings. The molecule has 0 radical (unpaired) electrons. The first-order chi connectivity index (χ1) is 12.1. The van der Waals surface area contributed by atoms with E-state index in [1.807, 2.05) is 0 Å². The van der Waals surface area contributed by atoms with Crippen LogP contribution < -0.4 is 0 Å². The summed E-state index contributed by atoms with van der Waals surface area (Å²) in [6, 6.07) is 0. The van der Waals surface area contributed by atoms with E-state index in [4.69, 9.17) is 30.1 Å². The molecule has 2 saturated heterocycles. The van der Waals surface area contributed by atoms with E-state index in [1.165, 1.54) is 0 Å². The molecular formula is C14H18F2NO7PS. The first-order valence-corrected chi connectivity index (χ1v) is 10.4. The van der Waals surface area contributed by atoms with Gasteiger partial charge in [-0.2, -0.15) is 0 Å². The van der Waals surface area contributed by atoms with Gasteiger partial charge in [0.15, 0.2) is 17.6 Å². The van der Waals surface area contributed by atoms with E-state index in [1.54, 1.807) is 13.8 Å². The Labute approximate surface area is 153 Å². The fourth-order valence-electron chi connectivity index (χ4n) is 2.96. The number of hydrogen-bond donors (Lipinski definition) is 1. The number of carbonyl (C=O) groups excluding carboxylic acids is 2. The number of rotatable bonds is 4. The van der Waals surface area contributed by atoms with Crippen LogP contribution in [0, 0.1) is 0 Å². The van der Waals surface area contributed by atoms with Gasteiger partial charge in [-0.25, -0.2) is 8.78 Å². The van der Waals surface area contributed by atoms with Gasteiger partial charge in [-0.05, 0) is 31.7 Å². The second-order valence-electron chi connectivity index (χ2n) is 6.42. The second kappa shape index (κ2) is 6.97.